The maximum absolute atomic E-state index is 13.8. The molecule has 114 valence electrons. The standard InChI is InChI=1S/C15H11FN3O3.Tl/c1-22-8-10-6-9(2-4-13(10)16)15-12-7-11(19(20)21)3-5-14(12)17-18-15;/h2-7H,8H2,1H3;/q-1;+1. The van der Waals surface area contributed by atoms with Gasteiger partial charge in [-0.2, -0.15) is 0 Å². The minimum atomic E-state index is -0.434. The van der Waals surface area contributed by atoms with Crippen molar-refractivity contribution in [3.63, 3.8) is 0 Å². The molecule has 6 nitrogen and oxygen atoms in total. The van der Waals surface area contributed by atoms with E-state index in [1.54, 1.807) is 18.2 Å². The van der Waals surface area contributed by atoms with Crippen molar-refractivity contribution >= 4 is 42.7 Å². The number of nitro benzene ring substituents is 1. The first kappa shape index (κ1) is 16.0. The van der Waals surface area contributed by atoms with E-state index in [0.29, 0.717) is 48.3 Å². The van der Waals surface area contributed by atoms with Crippen LogP contribution in [-0.2, 0) is 11.3 Å². The normalized spacial score (nSPS) is 11.0. The summed E-state index contributed by atoms with van der Waals surface area (Å²) in [5.74, 6) is -0.349. The summed E-state index contributed by atoms with van der Waals surface area (Å²) in [6.07, 6.45) is 0. The number of rotatable bonds is 4. The van der Waals surface area contributed by atoms with Crippen LogP contribution in [0.4, 0.5) is 10.1 Å². The van der Waals surface area contributed by atoms with Gasteiger partial charge in [0.25, 0.3) is 0 Å². The third kappa shape index (κ3) is 2.98. The van der Waals surface area contributed by atoms with Crippen molar-refractivity contribution in [1.29, 1.82) is 0 Å². The maximum atomic E-state index is 13.8. The van der Waals surface area contributed by atoms with Gasteiger partial charge in [0.1, 0.15) is 0 Å². The summed E-state index contributed by atoms with van der Waals surface area (Å²) >= 11 is 0.414. The average molecular weight is 505 g/mol. The molecule has 0 atom stereocenters. The van der Waals surface area contributed by atoms with E-state index >= 15 is 0 Å². The van der Waals surface area contributed by atoms with Crippen molar-refractivity contribution < 1.29 is 14.1 Å². The molecule has 0 saturated heterocycles. The van der Waals surface area contributed by atoms with E-state index in [1.165, 1.54) is 25.3 Å². The molecular formula is C15H11FN3O3Tl. The van der Waals surface area contributed by atoms with Crippen LogP contribution < -0.4 is 0 Å². The predicted octanol–water partition coefficient (Wildman–Crippen LogP) is 2.83. The first-order valence-corrected chi connectivity index (χ1v) is 8.72. The molecule has 0 bridgehead atoms. The molecular weight excluding hydrogens is 494 g/mol. The molecule has 3 rings (SSSR count). The van der Waals surface area contributed by atoms with Gasteiger partial charge in [0.05, 0.1) is 0 Å². The zero-order chi connectivity index (χ0) is 16.6. The molecule has 0 saturated carbocycles. The SMILES string of the molecule is COCc1cc(-c2n[n]([Tl])c3ccc([N+](=O)[O-])cc23)ccc1F. The summed E-state index contributed by atoms with van der Waals surface area (Å²) in [5, 5.41) is 16.2. The molecule has 1 aromatic heterocycles. The van der Waals surface area contributed by atoms with Gasteiger partial charge in [0, 0.05) is 0 Å². The quantitative estimate of drug-likeness (QED) is 0.311. The fourth-order valence-corrected chi connectivity index (χ4v) is 3.77. The van der Waals surface area contributed by atoms with Gasteiger partial charge < -0.3 is 0 Å². The third-order valence-electron chi connectivity index (χ3n) is 3.52. The third-order valence-corrected chi connectivity index (χ3v) is 5.05. The van der Waals surface area contributed by atoms with Gasteiger partial charge >= 0.3 is 147 Å². The van der Waals surface area contributed by atoms with Crippen LogP contribution in [0.15, 0.2) is 36.4 Å². The van der Waals surface area contributed by atoms with Crippen LogP contribution in [0, 0.1) is 15.9 Å². The van der Waals surface area contributed by atoms with Crippen LogP contribution in [0.25, 0.3) is 22.2 Å². The number of aromatic nitrogens is 2. The van der Waals surface area contributed by atoms with Crippen LogP contribution in [0.1, 0.15) is 5.56 Å². The number of ether oxygens (including phenoxy) is 1. The molecule has 0 aliphatic rings. The molecule has 0 aliphatic carbocycles. The Morgan fingerprint density at radius 3 is 2.83 bits per heavy atom. The van der Waals surface area contributed by atoms with Gasteiger partial charge in [-0.15, -0.1) is 0 Å². The number of fused-ring (bicyclic) bond motifs is 1. The molecule has 0 spiro atoms. The van der Waals surface area contributed by atoms with Gasteiger partial charge in [-0.3, -0.25) is 0 Å². The van der Waals surface area contributed by atoms with Crippen molar-refractivity contribution in [2.45, 2.75) is 6.61 Å². The first-order valence-electron chi connectivity index (χ1n) is 6.71. The van der Waals surface area contributed by atoms with Crippen molar-refractivity contribution in [3.05, 3.63) is 57.9 Å². The molecule has 8 heteroatoms. The van der Waals surface area contributed by atoms with E-state index in [2.05, 4.69) is 5.10 Å². The summed E-state index contributed by atoms with van der Waals surface area (Å²) in [7, 11) is 1.50. The Bertz CT molecular complexity index is 910. The van der Waals surface area contributed by atoms with E-state index in [1.807, 2.05) is 2.49 Å². The second kappa shape index (κ2) is 6.32. The Kier molecular flexibility index (Phi) is 4.40. The fraction of sp³-hybridized carbons (Fsp3) is 0.133. The number of nitrogens with zero attached hydrogens (tertiary/aromatic N) is 3. The molecule has 23 heavy (non-hydrogen) atoms. The van der Waals surface area contributed by atoms with Crippen LogP contribution in [0.3, 0.4) is 0 Å². The van der Waals surface area contributed by atoms with Gasteiger partial charge in [0.2, 0.25) is 0 Å². The van der Waals surface area contributed by atoms with Crippen LogP contribution in [0.2, 0.25) is 0 Å². The van der Waals surface area contributed by atoms with Crippen molar-refractivity contribution in [3.8, 4) is 11.3 Å². The number of non-ortho nitro benzene ring substituents is 1. The summed E-state index contributed by atoms with van der Waals surface area (Å²) in [4.78, 5) is 10.6. The zero-order valence-corrected chi connectivity index (χ0v) is 16.7. The van der Waals surface area contributed by atoms with Gasteiger partial charge in [-0.05, 0) is 0 Å². The summed E-state index contributed by atoms with van der Waals surface area (Å²) < 4.78 is 20.6. The number of nitro groups is 1. The minimum absolute atomic E-state index is 0.0102. The van der Waals surface area contributed by atoms with Crippen molar-refractivity contribution in [2.75, 3.05) is 7.11 Å². The molecule has 0 fully saturated rings. The van der Waals surface area contributed by atoms with E-state index < -0.39 is 4.92 Å². The van der Waals surface area contributed by atoms with Gasteiger partial charge in [0.15, 0.2) is 0 Å². The van der Waals surface area contributed by atoms with Crippen molar-refractivity contribution in [2.24, 2.45) is 0 Å². The molecule has 0 radical (unpaired) electrons. The second-order valence-corrected chi connectivity index (χ2v) is 6.89. The number of hydrogen-bond donors (Lipinski definition) is 0. The molecule has 0 N–H and O–H groups in total. The van der Waals surface area contributed by atoms with E-state index in [4.69, 9.17) is 4.74 Å². The predicted molar refractivity (Wildman–Crippen MR) is 83.6 cm³/mol. The Morgan fingerprint density at radius 1 is 1.35 bits per heavy atom. The van der Waals surface area contributed by atoms with Crippen LogP contribution in [0.5, 0.6) is 0 Å². The van der Waals surface area contributed by atoms with E-state index in [9.17, 15) is 14.5 Å². The zero-order valence-electron chi connectivity index (χ0n) is 12.2. The summed E-state index contributed by atoms with van der Waals surface area (Å²) in [6, 6.07) is 9.33. The Hall–Kier alpha value is -1.88. The fourth-order valence-electron chi connectivity index (χ4n) is 2.44. The van der Waals surface area contributed by atoms with Crippen molar-refractivity contribution in [1.82, 2.24) is 7.59 Å². The number of halogens is 1. The number of methoxy groups -OCH3 is 1. The van der Waals surface area contributed by atoms with Gasteiger partial charge in [-0.1, -0.05) is 0 Å². The topological polar surface area (TPSA) is 70.2 Å². The molecule has 2 aromatic carbocycles. The summed E-state index contributed by atoms with van der Waals surface area (Å²) in [5.41, 5.74) is 2.60. The molecule has 0 aliphatic heterocycles. The van der Waals surface area contributed by atoms with Crippen LogP contribution in [-0.4, -0.2) is 45.7 Å². The van der Waals surface area contributed by atoms with E-state index in [-0.39, 0.29) is 18.1 Å². The first-order chi connectivity index (χ1) is 11.0. The van der Waals surface area contributed by atoms with E-state index in [0.717, 1.165) is 5.52 Å². The molecule has 0 amide bonds. The Labute approximate surface area is 147 Å². The number of hydrogen-bond acceptors (Lipinski definition) is 4. The summed E-state index contributed by atoms with van der Waals surface area (Å²) in [6.45, 7) is 0.154. The van der Waals surface area contributed by atoms with Gasteiger partial charge in [-0.25, -0.2) is 0 Å². The molecule has 1 heterocycles. The van der Waals surface area contributed by atoms with Crippen LogP contribution >= 0.6 is 0 Å². The Balaban J connectivity index is 2.21. The second-order valence-electron chi connectivity index (χ2n) is 4.99. The molecule has 3 aromatic rings. The molecule has 0 unspecified atom stereocenters. The average Bonchev–Trinajstić information content (AvgIpc) is 2.86. The number of benzene rings is 2. The monoisotopic (exact) mass is 505 g/mol. The Morgan fingerprint density at radius 2 is 2.13 bits per heavy atom.